The Morgan fingerprint density at radius 2 is 1.72 bits per heavy atom. The second-order valence-electron chi connectivity index (χ2n) is 7.96. The molecule has 0 aromatic heterocycles. The van der Waals surface area contributed by atoms with Crippen molar-refractivity contribution in [3.05, 3.63) is 82.9 Å². The maximum absolute atomic E-state index is 13.2. The molecule has 0 spiro atoms. The van der Waals surface area contributed by atoms with Crippen LogP contribution in [0, 0.1) is 13.8 Å². The Kier molecular flexibility index (Phi) is 5.93. The van der Waals surface area contributed by atoms with E-state index in [2.05, 4.69) is 4.72 Å². The molecule has 0 unspecified atom stereocenters. The summed E-state index contributed by atoms with van der Waals surface area (Å²) in [4.78, 5) is 14.9. The Morgan fingerprint density at radius 3 is 2.44 bits per heavy atom. The van der Waals surface area contributed by atoms with Gasteiger partial charge in [0.25, 0.3) is 15.9 Å². The van der Waals surface area contributed by atoms with E-state index in [0.29, 0.717) is 23.5 Å². The number of ether oxygens (including phenoxy) is 1. The molecule has 4 rings (SSSR count). The van der Waals surface area contributed by atoms with E-state index in [4.69, 9.17) is 4.74 Å². The minimum atomic E-state index is -3.89. The second-order valence-corrected chi connectivity index (χ2v) is 9.61. The highest BCUT2D eigenvalue weighted by Gasteiger charge is 2.26. The SMILES string of the molecule is COc1cc(C)c(C)cc1S(=O)(=O)Nc1ccc2c(c1)N(C(=O)c1ccccc1)CCC2. The number of hydrogen-bond donors (Lipinski definition) is 1. The summed E-state index contributed by atoms with van der Waals surface area (Å²) in [6.45, 7) is 4.35. The van der Waals surface area contributed by atoms with Gasteiger partial charge < -0.3 is 9.64 Å². The lowest BCUT2D eigenvalue weighted by Gasteiger charge is -2.30. The zero-order chi connectivity index (χ0) is 22.9. The third-order valence-electron chi connectivity index (χ3n) is 5.79. The number of carbonyl (C=O) groups is 1. The van der Waals surface area contributed by atoms with Gasteiger partial charge in [-0.1, -0.05) is 24.3 Å². The van der Waals surface area contributed by atoms with Crippen molar-refractivity contribution in [3.8, 4) is 5.75 Å². The predicted molar refractivity (Wildman–Crippen MR) is 126 cm³/mol. The maximum atomic E-state index is 13.2. The molecule has 0 aliphatic carbocycles. The molecule has 1 aliphatic rings. The first-order chi connectivity index (χ1) is 15.3. The van der Waals surface area contributed by atoms with Crippen molar-refractivity contribution in [1.29, 1.82) is 0 Å². The highest BCUT2D eigenvalue weighted by atomic mass is 32.2. The number of sulfonamides is 1. The molecule has 6 nitrogen and oxygen atoms in total. The molecular formula is C25H26N2O4S. The van der Waals surface area contributed by atoms with Crippen LogP contribution in [0.25, 0.3) is 0 Å². The van der Waals surface area contributed by atoms with Crippen LogP contribution in [-0.2, 0) is 16.4 Å². The van der Waals surface area contributed by atoms with E-state index in [1.165, 1.54) is 7.11 Å². The van der Waals surface area contributed by atoms with Crippen LogP contribution in [0.15, 0.2) is 65.6 Å². The van der Waals surface area contributed by atoms with Crippen LogP contribution >= 0.6 is 0 Å². The van der Waals surface area contributed by atoms with E-state index >= 15 is 0 Å². The van der Waals surface area contributed by atoms with Crippen molar-refractivity contribution in [2.75, 3.05) is 23.3 Å². The van der Waals surface area contributed by atoms with Crippen LogP contribution in [0.1, 0.15) is 33.5 Å². The van der Waals surface area contributed by atoms with Crippen molar-refractivity contribution in [1.82, 2.24) is 0 Å². The summed E-state index contributed by atoms with van der Waals surface area (Å²) >= 11 is 0. The summed E-state index contributed by atoms with van der Waals surface area (Å²) in [5.41, 5.74) is 4.56. The van der Waals surface area contributed by atoms with Crippen LogP contribution in [0.5, 0.6) is 5.75 Å². The van der Waals surface area contributed by atoms with Crippen molar-refractivity contribution < 1.29 is 17.9 Å². The summed E-state index contributed by atoms with van der Waals surface area (Å²) in [6.07, 6.45) is 1.70. The molecule has 1 heterocycles. The van der Waals surface area contributed by atoms with Gasteiger partial charge in [0.05, 0.1) is 12.8 Å². The zero-order valence-electron chi connectivity index (χ0n) is 18.4. The first-order valence-electron chi connectivity index (χ1n) is 10.5. The second kappa shape index (κ2) is 8.67. The van der Waals surface area contributed by atoms with Crippen molar-refractivity contribution >= 4 is 27.3 Å². The fourth-order valence-electron chi connectivity index (χ4n) is 3.93. The van der Waals surface area contributed by atoms with E-state index in [-0.39, 0.29) is 10.8 Å². The van der Waals surface area contributed by atoms with Gasteiger partial charge in [-0.2, -0.15) is 0 Å². The largest absolute Gasteiger partial charge is 0.495 e. The zero-order valence-corrected chi connectivity index (χ0v) is 19.2. The number of hydrogen-bond acceptors (Lipinski definition) is 4. The quantitative estimate of drug-likeness (QED) is 0.611. The highest BCUT2D eigenvalue weighted by molar-refractivity contribution is 7.92. The van der Waals surface area contributed by atoms with Gasteiger partial charge in [0.15, 0.2) is 0 Å². The molecule has 3 aromatic rings. The van der Waals surface area contributed by atoms with Gasteiger partial charge in [-0.25, -0.2) is 8.42 Å². The minimum Gasteiger partial charge on any atom is -0.495 e. The molecule has 1 N–H and O–H groups in total. The van der Waals surface area contributed by atoms with Gasteiger partial charge in [-0.3, -0.25) is 9.52 Å². The average Bonchev–Trinajstić information content (AvgIpc) is 2.80. The minimum absolute atomic E-state index is 0.0815. The summed E-state index contributed by atoms with van der Waals surface area (Å²) in [5, 5.41) is 0. The molecule has 0 fully saturated rings. The van der Waals surface area contributed by atoms with Crippen LogP contribution in [-0.4, -0.2) is 28.0 Å². The molecule has 0 saturated carbocycles. The van der Waals surface area contributed by atoms with Gasteiger partial charge in [0, 0.05) is 17.8 Å². The number of fused-ring (bicyclic) bond motifs is 1. The van der Waals surface area contributed by atoms with Crippen LogP contribution in [0.4, 0.5) is 11.4 Å². The number of nitrogens with one attached hydrogen (secondary N) is 1. The smallest absolute Gasteiger partial charge is 0.265 e. The third kappa shape index (κ3) is 4.21. The summed E-state index contributed by atoms with van der Waals surface area (Å²) in [7, 11) is -2.44. The number of amides is 1. The number of rotatable bonds is 5. The Morgan fingerprint density at radius 1 is 1.00 bits per heavy atom. The number of methoxy groups -OCH3 is 1. The van der Waals surface area contributed by atoms with Crippen LogP contribution < -0.4 is 14.4 Å². The Balaban J connectivity index is 1.69. The monoisotopic (exact) mass is 450 g/mol. The molecule has 32 heavy (non-hydrogen) atoms. The maximum Gasteiger partial charge on any atom is 0.265 e. The summed E-state index contributed by atoms with van der Waals surface area (Å²) in [6, 6.07) is 17.8. The highest BCUT2D eigenvalue weighted by Crippen LogP contribution is 2.33. The van der Waals surface area contributed by atoms with E-state index in [0.717, 1.165) is 35.2 Å². The third-order valence-corrected chi connectivity index (χ3v) is 7.19. The van der Waals surface area contributed by atoms with Gasteiger partial charge >= 0.3 is 0 Å². The molecule has 1 amide bonds. The fourth-order valence-corrected chi connectivity index (χ4v) is 5.21. The lowest BCUT2D eigenvalue weighted by molar-refractivity contribution is 0.0985. The van der Waals surface area contributed by atoms with Crippen molar-refractivity contribution in [3.63, 3.8) is 0 Å². The summed E-state index contributed by atoms with van der Waals surface area (Å²) in [5.74, 6) is 0.196. The number of aryl methyl sites for hydroxylation is 3. The van der Waals surface area contributed by atoms with E-state index < -0.39 is 10.0 Å². The standard InChI is InChI=1S/C25H26N2O4S/c1-17-14-23(31-3)24(15-18(17)2)32(29,30)26-21-12-11-19-10-7-13-27(22(19)16-21)25(28)20-8-5-4-6-9-20/h4-6,8-9,11-12,14-16,26H,7,10,13H2,1-3H3. The molecule has 0 radical (unpaired) electrons. The molecule has 166 valence electrons. The number of anilines is 2. The van der Waals surface area contributed by atoms with Gasteiger partial charge in [0.2, 0.25) is 0 Å². The molecule has 0 atom stereocenters. The van der Waals surface area contributed by atoms with Crippen LogP contribution in [0.3, 0.4) is 0 Å². The van der Waals surface area contributed by atoms with E-state index in [1.807, 2.05) is 38.1 Å². The molecule has 7 heteroatoms. The lowest BCUT2D eigenvalue weighted by atomic mass is 10.00. The average molecular weight is 451 g/mol. The fraction of sp³-hybridized carbons (Fsp3) is 0.240. The predicted octanol–water partition coefficient (Wildman–Crippen LogP) is 4.71. The van der Waals surface area contributed by atoms with Gasteiger partial charge in [-0.05, 0) is 79.8 Å². The van der Waals surface area contributed by atoms with Crippen molar-refractivity contribution in [2.24, 2.45) is 0 Å². The molecule has 0 saturated heterocycles. The van der Waals surface area contributed by atoms with Crippen molar-refractivity contribution in [2.45, 2.75) is 31.6 Å². The Bertz CT molecular complexity index is 1270. The molecule has 3 aromatic carbocycles. The molecular weight excluding hydrogens is 424 g/mol. The van der Waals surface area contributed by atoms with Gasteiger partial charge in [0.1, 0.15) is 10.6 Å². The Hall–Kier alpha value is -3.32. The van der Waals surface area contributed by atoms with Crippen LogP contribution in [0.2, 0.25) is 0 Å². The summed E-state index contributed by atoms with van der Waals surface area (Å²) < 4.78 is 34.3. The van der Waals surface area contributed by atoms with Gasteiger partial charge in [-0.15, -0.1) is 0 Å². The Labute approximate surface area is 188 Å². The number of nitrogens with zero attached hydrogens (tertiary/aromatic N) is 1. The first kappa shape index (κ1) is 21.9. The van der Waals surface area contributed by atoms with E-state index in [9.17, 15) is 13.2 Å². The normalized spacial score (nSPS) is 13.4. The number of benzene rings is 3. The number of carbonyl (C=O) groups excluding carboxylic acids is 1. The first-order valence-corrected chi connectivity index (χ1v) is 12.0. The molecule has 0 bridgehead atoms. The lowest BCUT2D eigenvalue weighted by Crippen LogP contribution is -2.35. The van der Waals surface area contributed by atoms with E-state index in [1.54, 1.807) is 41.3 Å². The topological polar surface area (TPSA) is 75.7 Å². The molecule has 1 aliphatic heterocycles.